The van der Waals surface area contributed by atoms with Crippen LogP contribution in [-0.2, 0) is 0 Å². The lowest BCUT2D eigenvalue weighted by molar-refractivity contribution is 0.201. The first-order chi connectivity index (χ1) is 8.58. The molecule has 1 saturated heterocycles. The summed E-state index contributed by atoms with van der Waals surface area (Å²) in [6, 6.07) is 0. The third-order valence-electron chi connectivity index (χ3n) is 3.28. The number of likely N-dealkylation sites (tertiary alicyclic amines) is 1. The van der Waals surface area contributed by atoms with Gasteiger partial charge in [-0.15, -0.1) is 0 Å². The van der Waals surface area contributed by atoms with Crippen molar-refractivity contribution >= 4 is 5.96 Å². The third kappa shape index (κ3) is 6.84. The van der Waals surface area contributed by atoms with E-state index in [1.807, 2.05) is 0 Å². The Bertz CT molecular complexity index is 244. The maximum Gasteiger partial charge on any atom is 0.188 e. The van der Waals surface area contributed by atoms with E-state index in [1.54, 1.807) is 0 Å². The molecule has 1 heterocycles. The van der Waals surface area contributed by atoms with Crippen LogP contribution in [0.5, 0.6) is 0 Å². The summed E-state index contributed by atoms with van der Waals surface area (Å²) < 4.78 is 0. The number of nitrogens with zero attached hydrogens (tertiary/aromatic N) is 2. The molecule has 1 fully saturated rings. The van der Waals surface area contributed by atoms with E-state index in [-0.39, 0.29) is 0 Å². The molecule has 18 heavy (non-hydrogen) atoms. The average Bonchev–Trinajstić information content (AvgIpc) is 2.35. The van der Waals surface area contributed by atoms with E-state index in [9.17, 15) is 0 Å². The Kier molecular flexibility index (Phi) is 7.09. The number of nitrogens with two attached hydrogens (primary N) is 1. The Morgan fingerprint density at radius 2 is 1.89 bits per heavy atom. The fourth-order valence-electron chi connectivity index (χ4n) is 2.26. The number of hydrogen-bond acceptors (Lipinski definition) is 2. The van der Waals surface area contributed by atoms with Crippen molar-refractivity contribution in [2.75, 3.05) is 32.7 Å². The Hall–Kier alpha value is -0.770. The molecule has 0 spiro atoms. The van der Waals surface area contributed by atoms with E-state index < -0.39 is 0 Å². The van der Waals surface area contributed by atoms with Crippen molar-refractivity contribution < 1.29 is 0 Å². The van der Waals surface area contributed by atoms with Crippen LogP contribution in [0.2, 0.25) is 0 Å². The molecule has 1 rings (SSSR count). The Labute approximate surface area is 112 Å². The maximum absolute atomic E-state index is 5.83. The van der Waals surface area contributed by atoms with Gasteiger partial charge in [-0.3, -0.25) is 4.99 Å². The van der Waals surface area contributed by atoms with E-state index in [2.05, 4.69) is 36.0 Å². The van der Waals surface area contributed by atoms with Crippen LogP contribution in [0.15, 0.2) is 4.99 Å². The zero-order chi connectivity index (χ0) is 13.4. The summed E-state index contributed by atoms with van der Waals surface area (Å²) >= 11 is 0. The van der Waals surface area contributed by atoms with Crippen LogP contribution in [0.3, 0.4) is 0 Å². The van der Waals surface area contributed by atoms with Gasteiger partial charge in [-0.1, -0.05) is 27.2 Å². The minimum absolute atomic E-state index is 0.566. The topological polar surface area (TPSA) is 53.6 Å². The molecular formula is C14H30N4. The molecule has 1 atom stereocenters. The fourth-order valence-corrected chi connectivity index (χ4v) is 2.26. The summed E-state index contributed by atoms with van der Waals surface area (Å²) in [6.45, 7) is 12.0. The van der Waals surface area contributed by atoms with Crippen LogP contribution in [0.25, 0.3) is 0 Å². The second-order valence-electron chi connectivity index (χ2n) is 5.97. The molecule has 1 unspecified atom stereocenters. The highest BCUT2D eigenvalue weighted by Crippen LogP contribution is 2.10. The summed E-state index contributed by atoms with van der Waals surface area (Å²) in [4.78, 5) is 6.88. The first-order valence-corrected chi connectivity index (χ1v) is 7.34. The number of aliphatic imine (C=N–C) groups is 1. The van der Waals surface area contributed by atoms with Gasteiger partial charge >= 0.3 is 0 Å². The molecule has 1 aliphatic rings. The van der Waals surface area contributed by atoms with Gasteiger partial charge in [-0.2, -0.15) is 0 Å². The van der Waals surface area contributed by atoms with Crippen LogP contribution in [-0.4, -0.2) is 43.6 Å². The van der Waals surface area contributed by atoms with Crippen LogP contribution in [0.4, 0.5) is 0 Å². The van der Waals surface area contributed by atoms with Gasteiger partial charge in [0.25, 0.3) is 0 Å². The zero-order valence-electron chi connectivity index (χ0n) is 12.3. The number of rotatable bonds is 6. The van der Waals surface area contributed by atoms with E-state index in [1.165, 1.54) is 38.9 Å². The van der Waals surface area contributed by atoms with Gasteiger partial charge < -0.3 is 16.0 Å². The van der Waals surface area contributed by atoms with E-state index in [0.29, 0.717) is 17.8 Å². The highest BCUT2D eigenvalue weighted by Gasteiger charge is 2.13. The van der Waals surface area contributed by atoms with Crippen molar-refractivity contribution in [3.63, 3.8) is 0 Å². The van der Waals surface area contributed by atoms with Gasteiger partial charge in [-0.05, 0) is 37.8 Å². The summed E-state index contributed by atoms with van der Waals surface area (Å²) in [5.41, 5.74) is 5.83. The maximum atomic E-state index is 5.83. The van der Waals surface area contributed by atoms with Gasteiger partial charge in [0.2, 0.25) is 0 Å². The first-order valence-electron chi connectivity index (χ1n) is 7.34. The standard InChI is InChI=1S/C14H30N4/c1-12(2)9-16-14(15)17-10-13(3)11-18-7-5-4-6-8-18/h12-13H,4-11H2,1-3H3,(H3,15,16,17). The number of nitrogens with one attached hydrogen (secondary N) is 1. The van der Waals surface area contributed by atoms with Crippen molar-refractivity contribution in [1.29, 1.82) is 0 Å². The second kappa shape index (κ2) is 8.35. The quantitative estimate of drug-likeness (QED) is 0.560. The number of piperidine rings is 1. The van der Waals surface area contributed by atoms with Gasteiger partial charge in [0, 0.05) is 19.6 Å². The Morgan fingerprint density at radius 1 is 1.22 bits per heavy atom. The van der Waals surface area contributed by atoms with Gasteiger partial charge in [0.15, 0.2) is 5.96 Å². The highest BCUT2D eigenvalue weighted by atomic mass is 15.1. The second-order valence-corrected chi connectivity index (χ2v) is 5.97. The normalized spacial score (nSPS) is 20.1. The van der Waals surface area contributed by atoms with Crippen molar-refractivity contribution in [2.24, 2.45) is 22.6 Å². The summed E-state index contributed by atoms with van der Waals surface area (Å²) in [5, 5.41) is 3.23. The van der Waals surface area contributed by atoms with E-state index in [0.717, 1.165) is 13.1 Å². The summed E-state index contributed by atoms with van der Waals surface area (Å²) in [6.07, 6.45) is 4.12. The highest BCUT2D eigenvalue weighted by molar-refractivity contribution is 5.77. The van der Waals surface area contributed by atoms with Crippen LogP contribution in [0.1, 0.15) is 40.0 Å². The SMILES string of the molecule is CC(C)CN=C(N)NCC(C)CN1CCCCC1. The van der Waals surface area contributed by atoms with Crippen LogP contribution >= 0.6 is 0 Å². The molecule has 0 aromatic rings. The first kappa shape index (κ1) is 15.3. The monoisotopic (exact) mass is 254 g/mol. The minimum atomic E-state index is 0.566. The van der Waals surface area contributed by atoms with Crippen molar-refractivity contribution in [3.05, 3.63) is 0 Å². The van der Waals surface area contributed by atoms with Crippen molar-refractivity contribution in [2.45, 2.75) is 40.0 Å². The summed E-state index contributed by atoms with van der Waals surface area (Å²) in [5.74, 6) is 1.78. The van der Waals surface area contributed by atoms with Gasteiger partial charge in [0.1, 0.15) is 0 Å². The van der Waals surface area contributed by atoms with E-state index >= 15 is 0 Å². The Morgan fingerprint density at radius 3 is 2.50 bits per heavy atom. The molecule has 0 aromatic heterocycles. The van der Waals surface area contributed by atoms with E-state index in [4.69, 9.17) is 5.73 Å². The lowest BCUT2D eigenvalue weighted by atomic mass is 10.1. The average molecular weight is 254 g/mol. The predicted molar refractivity (Wildman–Crippen MR) is 78.8 cm³/mol. The molecule has 106 valence electrons. The minimum Gasteiger partial charge on any atom is -0.370 e. The molecule has 0 saturated carbocycles. The lowest BCUT2D eigenvalue weighted by Gasteiger charge is -2.29. The Balaban J connectivity index is 2.15. The summed E-state index contributed by atoms with van der Waals surface area (Å²) in [7, 11) is 0. The van der Waals surface area contributed by atoms with Gasteiger partial charge in [-0.25, -0.2) is 0 Å². The van der Waals surface area contributed by atoms with Crippen LogP contribution < -0.4 is 11.1 Å². The smallest absolute Gasteiger partial charge is 0.188 e. The molecule has 0 bridgehead atoms. The molecule has 1 aliphatic heterocycles. The van der Waals surface area contributed by atoms with Crippen molar-refractivity contribution in [1.82, 2.24) is 10.2 Å². The predicted octanol–water partition coefficient (Wildman–Crippen LogP) is 1.67. The molecule has 0 radical (unpaired) electrons. The molecule has 0 aromatic carbocycles. The molecule has 0 aliphatic carbocycles. The number of guanidine groups is 1. The molecule has 3 N–H and O–H groups in total. The third-order valence-corrected chi connectivity index (χ3v) is 3.28. The number of hydrogen-bond donors (Lipinski definition) is 2. The molecular weight excluding hydrogens is 224 g/mol. The fraction of sp³-hybridized carbons (Fsp3) is 0.929. The van der Waals surface area contributed by atoms with Gasteiger partial charge in [0.05, 0.1) is 0 Å². The molecule has 4 heteroatoms. The molecule has 0 amide bonds. The zero-order valence-corrected chi connectivity index (χ0v) is 12.3. The van der Waals surface area contributed by atoms with Crippen LogP contribution in [0, 0.1) is 11.8 Å². The largest absolute Gasteiger partial charge is 0.370 e. The lowest BCUT2D eigenvalue weighted by Crippen LogP contribution is -2.40. The van der Waals surface area contributed by atoms with Crippen molar-refractivity contribution in [3.8, 4) is 0 Å². The molecule has 4 nitrogen and oxygen atoms in total.